The van der Waals surface area contributed by atoms with Gasteiger partial charge in [0.1, 0.15) is 23.8 Å². The van der Waals surface area contributed by atoms with Crippen molar-refractivity contribution in [1.82, 2.24) is 5.01 Å². The fraction of sp³-hybridized carbons (Fsp3) is 0.438. The number of hydrogen-bond acceptors (Lipinski definition) is 6. The van der Waals surface area contributed by atoms with Crippen LogP contribution < -0.4 is 10.5 Å². The highest BCUT2D eigenvalue weighted by atomic mass is 19.4. The maximum atomic E-state index is 12.3. The lowest BCUT2D eigenvalue weighted by Crippen LogP contribution is -2.48. The maximum absolute atomic E-state index is 12.3. The predicted octanol–water partition coefficient (Wildman–Crippen LogP) is 2.74. The highest BCUT2D eigenvalue weighted by Gasteiger charge is 2.45. The van der Waals surface area contributed by atoms with Crippen molar-refractivity contribution in [3.8, 4) is 5.75 Å². The van der Waals surface area contributed by atoms with E-state index in [1.807, 2.05) is 25.8 Å². The molecule has 25 heavy (non-hydrogen) atoms. The Balaban J connectivity index is 1.95. The molecule has 0 amide bonds. The Hall–Kier alpha value is -2.58. The summed E-state index contributed by atoms with van der Waals surface area (Å²) in [6, 6.07) is 5.54. The van der Waals surface area contributed by atoms with E-state index in [1.165, 1.54) is 30.6 Å². The minimum Gasteiger partial charge on any atom is -0.406 e. The van der Waals surface area contributed by atoms with Gasteiger partial charge in [0.25, 0.3) is 0 Å². The molecular formula is C16H18F3N5O. The largest absolute Gasteiger partial charge is 0.573 e. The molecule has 0 aromatic heterocycles. The van der Waals surface area contributed by atoms with Gasteiger partial charge in [0.15, 0.2) is 6.17 Å². The lowest BCUT2D eigenvalue weighted by molar-refractivity contribution is -0.274. The van der Waals surface area contributed by atoms with Gasteiger partial charge in [-0.25, -0.2) is 9.98 Å². The summed E-state index contributed by atoms with van der Waals surface area (Å²) >= 11 is 0. The summed E-state index contributed by atoms with van der Waals surface area (Å²) in [5.74, 6) is -0.262. The number of hydrogen-bond donors (Lipinski definition) is 1. The van der Waals surface area contributed by atoms with Crippen molar-refractivity contribution in [3.05, 3.63) is 29.8 Å². The fourth-order valence-corrected chi connectivity index (χ4v) is 2.82. The number of benzene rings is 1. The summed E-state index contributed by atoms with van der Waals surface area (Å²) in [5, 5.41) is 6.48. The third kappa shape index (κ3) is 3.45. The van der Waals surface area contributed by atoms with Gasteiger partial charge in [-0.15, -0.1) is 13.2 Å². The highest BCUT2D eigenvalue weighted by molar-refractivity contribution is 6.17. The van der Waals surface area contributed by atoms with Crippen molar-refractivity contribution < 1.29 is 17.9 Å². The van der Waals surface area contributed by atoms with E-state index >= 15 is 0 Å². The minimum atomic E-state index is -4.73. The zero-order chi connectivity index (χ0) is 18.4. The summed E-state index contributed by atoms with van der Waals surface area (Å²) in [6.07, 6.45) is -3.64. The second-order valence-corrected chi connectivity index (χ2v) is 6.78. The maximum Gasteiger partial charge on any atom is 0.573 e. The lowest BCUT2D eigenvalue weighted by Gasteiger charge is -2.35. The Bertz CT molecular complexity index is 747. The zero-order valence-electron chi connectivity index (χ0n) is 13.9. The first-order valence-electron chi connectivity index (χ1n) is 7.65. The number of halogens is 3. The molecular weight excluding hydrogens is 335 g/mol. The Morgan fingerprint density at radius 3 is 2.32 bits per heavy atom. The van der Waals surface area contributed by atoms with E-state index in [-0.39, 0.29) is 23.4 Å². The number of fused-ring (bicyclic) bond motifs is 1. The molecule has 9 heteroatoms. The number of amidine groups is 1. The van der Waals surface area contributed by atoms with Gasteiger partial charge in [0.05, 0.1) is 11.3 Å². The first kappa shape index (κ1) is 17.2. The predicted molar refractivity (Wildman–Crippen MR) is 88.6 cm³/mol. The monoisotopic (exact) mass is 353 g/mol. The topological polar surface area (TPSA) is 75.6 Å². The molecule has 0 saturated carbocycles. The summed E-state index contributed by atoms with van der Waals surface area (Å²) in [4.78, 5) is 8.43. The van der Waals surface area contributed by atoms with Crippen molar-refractivity contribution in [2.24, 2.45) is 26.7 Å². The third-order valence-electron chi connectivity index (χ3n) is 3.87. The number of aliphatic imine (C=N–C) groups is 2. The number of alkyl halides is 3. The Kier molecular flexibility index (Phi) is 3.97. The molecule has 2 aliphatic heterocycles. The molecule has 2 atom stereocenters. The first-order chi connectivity index (χ1) is 11.6. The normalized spacial score (nSPS) is 23.2. The van der Waals surface area contributed by atoms with Crippen LogP contribution in [-0.4, -0.2) is 41.0 Å². The van der Waals surface area contributed by atoms with Crippen LogP contribution in [0.25, 0.3) is 0 Å². The molecule has 6 nitrogen and oxygen atoms in total. The molecule has 2 heterocycles. The highest BCUT2D eigenvalue weighted by Crippen LogP contribution is 2.34. The molecule has 2 aliphatic rings. The molecule has 2 N–H and O–H groups in total. The summed E-state index contributed by atoms with van der Waals surface area (Å²) < 4.78 is 40.8. The quantitative estimate of drug-likeness (QED) is 0.888. The average Bonchev–Trinajstić information content (AvgIpc) is 2.87. The van der Waals surface area contributed by atoms with E-state index in [2.05, 4.69) is 19.8 Å². The van der Waals surface area contributed by atoms with E-state index in [0.29, 0.717) is 17.1 Å². The molecule has 0 bridgehead atoms. The average molecular weight is 353 g/mol. The van der Waals surface area contributed by atoms with Gasteiger partial charge >= 0.3 is 6.36 Å². The molecule has 134 valence electrons. The summed E-state index contributed by atoms with van der Waals surface area (Å²) in [6.45, 7) is 5.98. The molecule has 0 aliphatic carbocycles. The van der Waals surface area contributed by atoms with Crippen LogP contribution in [0.3, 0.4) is 0 Å². The van der Waals surface area contributed by atoms with Crippen LogP contribution in [0.2, 0.25) is 0 Å². The zero-order valence-corrected chi connectivity index (χ0v) is 13.9. The molecule has 0 fully saturated rings. The van der Waals surface area contributed by atoms with Crippen LogP contribution in [0.4, 0.5) is 13.2 Å². The lowest BCUT2D eigenvalue weighted by atomic mass is 9.92. The Labute approximate surface area is 142 Å². The third-order valence-corrected chi connectivity index (χ3v) is 3.87. The molecule has 0 radical (unpaired) electrons. The molecule has 0 spiro atoms. The Morgan fingerprint density at radius 1 is 1.12 bits per heavy atom. The molecule has 1 aromatic rings. The van der Waals surface area contributed by atoms with Crippen LogP contribution >= 0.6 is 0 Å². The van der Waals surface area contributed by atoms with Crippen LogP contribution in [-0.2, 0) is 0 Å². The summed E-state index contributed by atoms with van der Waals surface area (Å²) in [7, 11) is 0. The van der Waals surface area contributed by atoms with Gasteiger partial charge in [0, 0.05) is 0 Å². The van der Waals surface area contributed by atoms with E-state index in [9.17, 15) is 13.2 Å². The van der Waals surface area contributed by atoms with Gasteiger partial charge in [-0.1, -0.05) is 0 Å². The summed E-state index contributed by atoms with van der Waals surface area (Å²) in [5.41, 5.74) is 7.00. The van der Waals surface area contributed by atoms with Crippen molar-refractivity contribution in [1.29, 1.82) is 0 Å². The van der Waals surface area contributed by atoms with Gasteiger partial charge in [-0.05, 0) is 50.6 Å². The fourth-order valence-electron chi connectivity index (χ4n) is 2.82. The molecule has 0 saturated heterocycles. The van der Waals surface area contributed by atoms with Crippen LogP contribution in [0.5, 0.6) is 5.75 Å². The second kappa shape index (κ2) is 5.75. The van der Waals surface area contributed by atoms with Crippen molar-refractivity contribution in [2.75, 3.05) is 0 Å². The van der Waals surface area contributed by atoms with Crippen molar-refractivity contribution in [3.63, 3.8) is 0 Å². The van der Waals surface area contributed by atoms with Gasteiger partial charge in [-0.2, -0.15) is 5.10 Å². The van der Waals surface area contributed by atoms with Gasteiger partial charge in [0.2, 0.25) is 0 Å². The number of nitrogens with zero attached hydrogens (tertiary/aromatic N) is 4. The Morgan fingerprint density at radius 2 is 1.76 bits per heavy atom. The standard InChI is InChI=1S/C16H18F3N5O/c1-15(2,3)24-14-11(13(20)21-8-22-14)12(23-24)9-4-6-10(7-5-9)25-16(17,18)19/h4-8,11,14H,1-3H3,(H2,20,21,22). The number of nitrogens with two attached hydrogens (primary N) is 1. The van der Waals surface area contributed by atoms with Gasteiger partial charge < -0.3 is 10.5 Å². The molecule has 1 aromatic carbocycles. The van der Waals surface area contributed by atoms with Crippen LogP contribution in [0, 0.1) is 5.92 Å². The first-order valence-corrected chi connectivity index (χ1v) is 7.65. The van der Waals surface area contributed by atoms with E-state index in [4.69, 9.17) is 5.73 Å². The SMILES string of the molecule is CC(C)(C)N1N=C(c2ccc(OC(F)(F)F)cc2)C2C(N)=NC=NC21. The smallest absolute Gasteiger partial charge is 0.406 e. The second-order valence-electron chi connectivity index (χ2n) is 6.78. The number of ether oxygens (including phenoxy) is 1. The molecule has 3 rings (SSSR count). The van der Waals surface area contributed by atoms with Crippen LogP contribution in [0.15, 0.2) is 39.4 Å². The van der Waals surface area contributed by atoms with Gasteiger partial charge in [-0.3, -0.25) is 5.01 Å². The van der Waals surface area contributed by atoms with Crippen molar-refractivity contribution >= 4 is 17.9 Å². The number of rotatable bonds is 2. The van der Waals surface area contributed by atoms with E-state index in [1.54, 1.807) is 0 Å². The van der Waals surface area contributed by atoms with E-state index in [0.717, 1.165) is 0 Å². The van der Waals surface area contributed by atoms with E-state index < -0.39 is 6.36 Å². The van der Waals surface area contributed by atoms with Crippen LogP contribution in [0.1, 0.15) is 26.3 Å². The number of hydrazone groups is 1. The minimum absolute atomic E-state index is 0.289. The molecule has 2 unspecified atom stereocenters. The van der Waals surface area contributed by atoms with Crippen molar-refractivity contribution in [2.45, 2.75) is 38.8 Å².